The Morgan fingerprint density at radius 3 is 2.51 bits per heavy atom. The number of hydrogen-bond donors (Lipinski definition) is 5. The summed E-state index contributed by atoms with van der Waals surface area (Å²) < 4.78 is 5.49. The fourth-order valence-electron chi connectivity index (χ4n) is 6.09. The third-order valence-corrected chi connectivity index (χ3v) is 7.67. The van der Waals surface area contributed by atoms with Crippen molar-refractivity contribution >= 4 is 23.8 Å². The molecule has 4 atom stereocenters. The highest BCUT2D eigenvalue weighted by Gasteiger charge is 2.63. The zero-order valence-electron chi connectivity index (χ0n) is 19.9. The van der Waals surface area contributed by atoms with E-state index in [9.17, 15) is 39.6 Å². The Bertz CT molecular complexity index is 1460. The van der Waals surface area contributed by atoms with Gasteiger partial charge in [-0.15, -0.1) is 0 Å². The highest BCUT2D eigenvalue weighted by molar-refractivity contribution is 6.24. The number of phenolic OH excluding ortho intramolecular Hbond substituents is 1. The number of benzene rings is 1. The van der Waals surface area contributed by atoms with Gasteiger partial charge in [-0.2, -0.15) is 0 Å². The number of carbonyl (C=O) groups is 4. The van der Waals surface area contributed by atoms with Crippen molar-refractivity contribution in [3.63, 3.8) is 0 Å². The van der Waals surface area contributed by atoms with Gasteiger partial charge in [-0.05, 0) is 56.6 Å². The van der Waals surface area contributed by atoms with Crippen LogP contribution in [0, 0.1) is 11.8 Å². The molecule has 5 rings (SSSR count). The van der Waals surface area contributed by atoms with E-state index in [-0.39, 0.29) is 35.3 Å². The highest BCUT2D eigenvalue weighted by Crippen LogP contribution is 2.53. The third-order valence-electron chi connectivity index (χ3n) is 7.67. The topological polar surface area (TPSA) is 192 Å². The number of Topliss-reactive ketones (excluding diaryl/α,β-unsaturated/α-hetero) is 2. The normalized spacial score (nSPS) is 27.2. The lowest BCUT2D eigenvalue weighted by Gasteiger charge is -2.50. The van der Waals surface area contributed by atoms with Gasteiger partial charge < -0.3 is 30.6 Å². The summed E-state index contributed by atoms with van der Waals surface area (Å²) in [6.07, 6.45) is 1.96. The minimum absolute atomic E-state index is 0.0421. The molecular formula is C26H24N2O9. The van der Waals surface area contributed by atoms with Crippen molar-refractivity contribution in [1.29, 1.82) is 0 Å². The fourth-order valence-corrected chi connectivity index (χ4v) is 6.09. The van der Waals surface area contributed by atoms with E-state index < -0.39 is 63.8 Å². The summed E-state index contributed by atoms with van der Waals surface area (Å²) in [6, 6.07) is 3.15. The molecular weight excluding hydrogens is 484 g/mol. The molecule has 0 fully saturated rings. The second-order valence-electron chi connectivity index (χ2n) is 9.77. The maximum atomic E-state index is 13.7. The van der Waals surface area contributed by atoms with Crippen LogP contribution in [0.5, 0.6) is 5.75 Å². The van der Waals surface area contributed by atoms with Gasteiger partial charge >= 0.3 is 0 Å². The number of amides is 1. The summed E-state index contributed by atoms with van der Waals surface area (Å²) in [5.74, 6) is -7.04. The molecule has 1 aromatic heterocycles. The molecule has 1 amide bonds. The lowest BCUT2D eigenvalue weighted by atomic mass is 9.58. The van der Waals surface area contributed by atoms with Gasteiger partial charge in [0.25, 0.3) is 5.91 Å². The number of hydrogen-bond acceptors (Lipinski definition) is 10. The molecule has 0 aliphatic heterocycles. The lowest BCUT2D eigenvalue weighted by molar-refractivity contribution is -0.148. The predicted molar refractivity (Wildman–Crippen MR) is 127 cm³/mol. The van der Waals surface area contributed by atoms with Crippen LogP contribution in [0.3, 0.4) is 0 Å². The molecule has 1 heterocycles. The third kappa shape index (κ3) is 3.14. The Balaban J connectivity index is 1.74. The molecule has 0 spiro atoms. The number of nitrogens with two attached hydrogens (primary N) is 1. The van der Waals surface area contributed by atoms with Crippen LogP contribution < -0.4 is 5.73 Å². The quantitative estimate of drug-likeness (QED) is 0.296. The van der Waals surface area contributed by atoms with Crippen molar-refractivity contribution < 1.29 is 44.0 Å². The number of aliphatic hydroxyl groups is 3. The Hall–Kier alpha value is -4.22. The van der Waals surface area contributed by atoms with Crippen LogP contribution >= 0.6 is 0 Å². The first-order chi connectivity index (χ1) is 17.4. The number of aldehydes is 1. The Labute approximate surface area is 210 Å². The van der Waals surface area contributed by atoms with Crippen molar-refractivity contribution in [2.75, 3.05) is 14.1 Å². The van der Waals surface area contributed by atoms with Crippen LogP contribution in [-0.4, -0.2) is 74.8 Å². The summed E-state index contributed by atoms with van der Waals surface area (Å²) in [5, 5.41) is 44.3. The van der Waals surface area contributed by atoms with Crippen molar-refractivity contribution in [2.24, 2.45) is 17.6 Å². The number of nitrogens with zero attached hydrogens (tertiary/aromatic N) is 1. The summed E-state index contributed by atoms with van der Waals surface area (Å²) in [7, 11) is 3.11. The van der Waals surface area contributed by atoms with E-state index in [1.807, 2.05) is 0 Å². The standard InChI is InChI=1S/C26H24N2O9/c1-28(2)19-14-8-11-7-13-12(22-10(9-29)5-6-37-22)3-4-15(30)17(13)20(31)16(11)23(33)26(14,36)24(34)18(21(19)32)25(27)35/h3-6,9,11,14,19,30,32-33,36H,7-8H2,1-2H3,(H2,27,35)/t11-,14-,19+,26+/m1/s1. The van der Waals surface area contributed by atoms with E-state index in [1.165, 1.54) is 29.4 Å². The highest BCUT2D eigenvalue weighted by atomic mass is 16.3. The summed E-state index contributed by atoms with van der Waals surface area (Å²) in [5.41, 5.74) is 2.34. The number of carbonyl (C=O) groups excluding carboxylic acids is 4. The molecule has 2 aromatic rings. The minimum atomic E-state index is -2.70. The first-order valence-electron chi connectivity index (χ1n) is 11.5. The zero-order valence-corrected chi connectivity index (χ0v) is 19.9. The number of fused-ring (bicyclic) bond motifs is 3. The van der Waals surface area contributed by atoms with Gasteiger partial charge in [0.2, 0.25) is 5.78 Å². The van der Waals surface area contributed by atoms with Gasteiger partial charge in [-0.25, -0.2) is 0 Å². The van der Waals surface area contributed by atoms with E-state index in [0.29, 0.717) is 17.4 Å². The molecule has 192 valence electrons. The van der Waals surface area contributed by atoms with Crippen molar-refractivity contribution in [3.05, 3.63) is 63.8 Å². The number of primary amides is 1. The molecule has 3 aliphatic rings. The van der Waals surface area contributed by atoms with Crippen molar-refractivity contribution in [2.45, 2.75) is 24.5 Å². The monoisotopic (exact) mass is 508 g/mol. The van der Waals surface area contributed by atoms with Gasteiger partial charge in [0, 0.05) is 17.1 Å². The number of rotatable bonds is 4. The SMILES string of the molecule is CN(C)[C@@H]1C(O)=C(C(N)=O)C(=O)[C@@]2(O)C(O)=C3C(=O)c4c(O)ccc(-c5occc5C=O)c4C[C@@H]3C[C@H]12. The summed E-state index contributed by atoms with van der Waals surface area (Å²) in [4.78, 5) is 52.1. The molecule has 0 bridgehead atoms. The molecule has 0 saturated carbocycles. The zero-order chi connectivity index (χ0) is 27.0. The predicted octanol–water partition coefficient (Wildman–Crippen LogP) is 1.19. The maximum Gasteiger partial charge on any atom is 0.255 e. The van der Waals surface area contributed by atoms with E-state index in [0.717, 1.165) is 0 Å². The molecule has 0 unspecified atom stereocenters. The molecule has 0 radical (unpaired) electrons. The number of allylic oxidation sites excluding steroid dienone is 1. The second-order valence-corrected chi connectivity index (χ2v) is 9.77. The fraction of sp³-hybridized carbons (Fsp3) is 0.308. The molecule has 11 heteroatoms. The molecule has 6 N–H and O–H groups in total. The van der Waals surface area contributed by atoms with Gasteiger partial charge in [-0.1, -0.05) is 0 Å². The number of likely N-dealkylation sites (N-methyl/N-ethyl adjacent to an activating group) is 1. The molecule has 37 heavy (non-hydrogen) atoms. The van der Waals surface area contributed by atoms with Crippen LogP contribution in [0.15, 0.2) is 51.5 Å². The van der Waals surface area contributed by atoms with E-state index in [4.69, 9.17) is 10.2 Å². The average Bonchev–Trinajstić information content (AvgIpc) is 3.29. The number of phenols is 1. The minimum Gasteiger partial charge on any atom is -0.510 e. The molecule has 1 aromatic carbocycles. The lowest BCUT2D eigenvalue weighted by Crippen LogP contribution is -2.63. The number of aliphatic hydroxyl groups excluding tert-OH is 2. The Morgan fingerprint density at radius 1 is 1.19 bits per heavy atom. The molecule has 11 nitrogen and oxygen atoms in total. The summed E-state index contributed by atoms with van der Waals surface area (Å²) >= 11 is 0. The van der Waals surface area contributed by atoms with Gasteiger partial charge in [0.15, 0.2) is 17.7 Å². The number of aromatic hydroxyl groups is 1. The van der Waals surface area contributed by atoms with Crippen LogP contribution in [0.4, 0.5) is 0 Å². The smallest absolute Gasteiger partial charge is 0.255 e. The first kappa shape index (κ1) is 24.5. The van der Waals surface area contributed by atoms with Crippen LogP contribution in [0.1, 0.15) is 32.7 Å². The molecule has 0 saturated heterocycles. The Morgan fingerprint density at radius 2 is 1.89 bits per heavy atom. The van der Waals surface area contributed by atoms with Crippen LogP contribution in [0.25, 0.3) is 11.3 Å². The largest absolute Gasteiger partial charge is 0.510 e. The summed E-state index contributed by atoms with van der Waals surface area (Å²) in [6.45, 7) is 0. The van der Waals surface area contributed by atoms with Crippen LogP contribution in [0.2, 0.25) is 0 Å². The maximum absolute atomic E-state index is 13.7. The number of ketones is 2. The number of furan rings is 1. The Kier molecular flexibility index (Phi) is 5.39. The van der Waals surface area contributed by atoms with E-state index >= 15 is 0 Å². The van der Waals surface area contributed by atoms with Crippen molar-refractivity contribution in [3.8, 4) is 17.1 Å². The van der Waals surface area contributed by atoms with Gasteiger partial charge in [0.05, 0.1) is 23.4 Å². The first-order valence-corrected chi connectivity index (χ1v) is 11.5. The second kappa shape index (κ2) is 8.15. The van der Waals surface area contributed by atoms with E-state index in [2.05, 4.69) is 0 Å². The van der Waals surface area contributed by atoms with Crippen LogP contribution in [-0.2, 0) is 16.0 Å². The molecule has 3 aliphatic carbocycles. The average molecular weight is 508 g/mol. The van der Waals surface area contributed by atoms with Gasteiger partial charge in [0.1, 0.15) is 28.6 Å². The van der Waals surface area contributed by atoms with E-state index in [1.54, 1.807) is 14.1 Å². The van der Waals surface area contributed by atoms with Gasteiger partial charge in [-0.3, -0.25) is 24.1 Å². The van der Waals surface area contributed by atoms with Crippen molar-refractivity contribution in [1.82, 2.24) is 4.90 Å².